The van der Waals surface area contributed by atoms with E-state index in [0.29, 0.717) is 11.9 Å². The molecular weight excluding hydrogens is 391 g/mol. The van der Waals surface area contributed by atoms with E-state index in [1.807, 2.05) is 25.2 Å². The first-order chi connectivity index (χ1) is 15.2. The Morgan fingerprint density at radius 1 is 1.13 bits per heavy atom. The number of hydrogen-bond acceptors (Lipinski definition) is 5. The molecule has 1 fully saturated rings. The number of nitrogens with zero attached hydrogens (tertiary/aromatic N) is 5. The molecular formula is C24H25FN6. The van der Waals surface area contributed by atoms with E-state index in [4.69, 9.17) is 4.98 Å². The summed E-state index contributed by atoms with van der Waals surface area (Å²) >= 11 is 0. The summed E-state index contributed by atoms with van der Waals surface area (Å²) in [6, 6.07) is 12.9. The van der Waals surface area contributed by atoms with Crippen molar-refractivity contribution >= 4 is 22.7 Å². The maximum Gasteiger partial charge on any atom is 0.228 e. The molecule has 1 aliphatic heterocycles. The van der Waals surface area contributed by atoms with Crippen LogP contribution in [0.2, 0.25) is 0 Å². The number of aryl methyl sites for hydroxylation is 1. The highest BCUT2D eigenvalue weighted by atomic mass is 19.1. The smallest absolute Gasteiger partial charge is 0.228 e. The number of anilines is 2. The minimum absolute atomic E-state index is 0.188. The Balaban J connectivity index is 1.32. The number of piperidine rings is 1. The van der Waals surface area contributed by atoms with Gasteiger partial charge in [-0.3, -0.25) is 4.90 Å². The summed E-state index contributed by atoms with van der Waals surface area (Å²) in [5.74, 6) is 1.47. The molecule has 1 saturated heterocycles. The summed E-state index contributed by atoms with van der Waals surface area (Å²) in [7, 11) is 2.02. The van der Waals surface area contributed by atoms with Crippen LogP contribution in [0.1, 0.15) is 30.0 Å². The molecule has 1 atom stereocenters. The van der Waals surface area contributed by atoms with Crippen LogP contribution in [0.5, 0.6) is 0 Å². The number of rotatable bonds is 5. The largest absolute Gasteiger partial charge is 0.350 e. The molecule has 0 amide bonds. The van der Waals surface area contributed by atoms with Crippen LogP contribution in [0.3, 0.4) is 0 Å². The van der Waals surface area contributed by atoms with Crippen molar-refractivity contribution in [2.75, 3.05) is 18.4 Å². The summed E-state index contributed by atoms with van der Waals surface area (Å²) in [6.45, 7) is 2.79. The average Bonchev–Trinajstić information content (AvgIpc) is 3.09. The molecule has 0 aliphatic carbocycles. The van der Waals surface area contributed by atoms with Gasteiger partial charge in [-0.05, 0) is 61.3 Å². The first-order valence-electron chi connectivity index (χ1n) is 10.6. The first kappa shape index (κ1) is 19.6. The van der Waals surface area contributed by atoms with Gasteiger partial charge in [0.15, 0.2) is 0 Å². The fraction of sp³-hybridized carbons (Fsp3) is 0.292. The zero-order valence-electron chi connectivity index (χ0n) is 17.5. The molecule has 158 valence electrons. The quantitative estimate of drug-likeness (QED) is 0.514. The Morgan fingerprint density at radius 2 is 2.00 bits per heavy atom. The average molecular weight is 417 g/mol. The Labute approximate surface area is 180 Å². The van der Waals surface area contributed by atoms with Crippen LogP contribution in [0.15, 0.2) is 61.1 Å². The molecule has 3 aromatic heterocycles. The molecule has 4 heterocycles. The topological polar surface area (TPSA) is 58.9 Å². The highest BCUT2D eigenvalue weighted by Gasteiger charge is 2.23. The van der Waals surface area contributed by atoms with Gasteiger partial charge in [0, 0.05) is 61.2 Å². The van der Waals surface area contributed by atoms with Crippen LogP contribution < -0.4 is 5.32 Å². The fourth-order valence-corrected chi connectivity index (χ4v) is 4.48. The van der Waals surface area contributed by atoms with Crippen molar-refractivity contribution in [3.05, 3.63) is 78.1 Å². The third-order valence-electron chi connectivity index (χ3n) is 5.93. The fourth-order valence-electron chi connectivity index (χ4n) is 4.48. The number of aromatic nitrogens is 4. The molecule has 0 saturated carbocycles. The molecule has 0 unspecified atom stereocenters. The molecule has 4 aromatic rings. The molecule has 0 bridgehead atoms. The van der Waals surface area contributed by atoms with Gasteiger partial charge in [0.2, 0.25) is 5.95 Å². The van der Waals surface area contributed by atoms with Crippen molar-refractivity contribution in [1.29, 1.82) is 0 Å². The number of halogens is 1. The number of hydrogen-bond donors (Lipinski definition) is 1. The lowest BCUT2D eigenvalue weighted by atomic mass is 9.94. The van der Waals surface area contributed by atoms with Gasteiger partial charge in [-0.2, -0.15) is 0 Å². The molecule has 6 nitrogen and oxygen atoms in total. The number of benzene rings is 1. The highest BCUT2D eigenvalue weighted by Crippen LogP contribution is 2.29. The second-order valence-electron chi connectivity index (χ2n) is 8.15. The molecule has 1 aromatic carbocycles. The summed E-state index contributed by atoms with van der Waals surface area (Å²) < 4.78 is 15.9. The third-order valence-corrected chi connectivity index (χ3v) is 5.93. The monoisotopic (exact) mass is 416 g/mol. The number of pyridine rings is 1. The summed E-state index contributed by atoms with van der Waals surface area (Å²) in [5, 5.41) is 4.17. The van der Waals surface area contributed by atoms with Gasteiger partial charge in [0.1, 0.15) is 11.6 Å². The van der Waals surface area contributed by atoms with E-state index in [1.54, 1.807) is 24.5 Å². The van der Waals surface area contributed by atoms with Crippen LogP contribution >= 0.6 is 0 Å². The summed E-state index contributed by atoms with van der Waals surface area (Å²) in [6.07, 6.45) is 7.76. The standard InChI is InChI=1S/C24H25FN6/c1-30-14-18(20-13-19(25)8-9-22(20)30)16-31-12-3-5-17(15-31)21-6-2-7-23(28-21)29-24-26-10-4-11-27-24/h2,4,6-11,13-14,17H,3,5,12,15-16H2,1H3,(H,26,27,28,29)/t17-/m0/s1. The third kappa shape index (κ3) is 4.27. The predicted octanol–water partition coefficient (Wildman–Crippen LogP) is 4.63. The first-order valence-corrected chi connectivity index (χ1v) is 10.6. The van der Waals surface area contributed by atoms with Crippen molar-refractivity contribution in [2.24, 2.45) is 7.05 Å². The minimum atomic E-state index is -0.188. The normalized spacial score (nSPS) is 17.2. The molecule has 0 spiro atoms. The van der Waals surface area contributed by atoms with Gasteiger partial charge in [-0.15, -0.1) is 0 Å². The molecule has 5 rings (SSSR count). The second kappa shape index (κ2) is 8.43. The SMILES string of the molecule is Cn1cc(CN2CCC[C@H](c3cccc(Nc4ncccn4)n3)C2)c2cc(F)ccc21. The van der Waals surface area contributed by atoms with E-state index in [1.165, 1.54) is 11.6 Å². The van der Waals surface area contributed by atoms with Crippen LogP contribution in [0, 0.1) is 5.82 Å². The number of likely N-dealkylation sites (tertiary alicyclic amines) is 1. The van der Waals surface area contributed by atoms with E-state index in [-0.39, 0.29) is 5.82 Å². The van der Waals surface area contributed by atoms with Gasteiger partial charge in [0.25, 0.3) is 0 Å². The zero-order valence-corrected chi connectivity index (χ0v) is 17.5. The maximum atomic E-state index is 13.8. The number of nitrogens with one attached hydrogen (secondary N) is 1. The van der Waals surface area contributed by atoms with Crippen molar-refractivity contribution in [1.82, 2.24) is 24.4 Å². The molecule has 0 radical (unpaired) electrons. The Bertz CT molecular complexity index is 1190. The molecule has 1 N–H and O–H groups in total. The van der Waals surface area contributed by atoms with E-state index in [2.05, 4.69) is 37.0 Å². The Kier molecular flexibility index (Phi) is 5.34. The highest BCUT2D eigenvalue weighted by molar-refractivity contribution is 5.84. The minimum Gasteiger partial charge on any atom is -0.350 e. The van der Waals surface area contributed by atoms with Crippen molar-refractivity contribution in [3.8, 4) is 0 Å². The Morgan fingerprint density at radius 3 is 2.87 bits per heavy atom. The van der Waals surface area contributed by atoms with Gasteiger partial charge in [0.05, 0.1) is 0 Å². The maximum absolute atomic E-state index is 13.8. The van der Waals surface area contributed by atoms with Crippen molar-refractivity contribution in [3.63, 3.8) is 0 Å². The number of fused-ring (bicyclic) bond motifs is 1. The zero-order chi connectivity index (χ0) is 21.2. The van der Waals surface area contributed by atoms with Gasteiger partial charge < -0.3 is 9.88 Å². The molecule has 1 aliphatic rings. The van der Waals surface area contributed by atoms with Crippen LogP contribution in [-0.4, -0.2) is 37.5 Å². The second-order valence-corrected chi connectivity index (χ2v) is 8.15. The van der Waals surface area contributed by atoms with E-state index in [0.717, 1.165) is 54.9 Å². The van der Waals surface area contributed by atoms with Crippen molar-refractivity contribution < 1.29 is 4.39 Å². The van der Waals surface area contributed by atoms with Gasteiger partial charge >= 0.3 is 0 Å². The van der Waals surface area contributed by atoms with Gasteiger partial charge in [-0.25, -0.2) is 19.3 Å². The summed E-state index contributed by atoms with van der Waals surface area (Å²) in [5.41, 5.74) is 3.31. The predicted molar refractivity (Wildman–Crippen MR) is 120 cm³/mol. The van der Waals surface area contributed by atoms with Gasteiger partial charge in [-0.1, -0.05) is 6.07 Å². The lowest BCUT2D eigenvalue weighted by molar-refractivity contribution is 0.199. The van der Waals surface area contributed by atoms with E-state index in [9.17, 15) is 4.39 Å². The molecule has 31 heavy (non-hydrogen) atoms. The van der Waals surface area contributed by atoms with Crippen LogP contribution in [0.25, 0.3) is 10.9 Å². The van der Waals surface area contributed by atoms with E-state index < -0.39 is 0 Å². The van der Waals surface area contributed by atoms with E-state index >= 15 is 0 Å². The lowest BCUT2D eigenvalue weighted by Gasteiger charge is -2.32. The van der Waals surface area contributed by atoms with Crippen LogP contribution in [-0.2, 0) is 13.6 Å². The van der Waals surface area contributed by atoms with Crippen LogP contribution in [0.4, 0.5) is 16.2 Å². The summed E-state index contributed by atoms with van der Waals surface area (Å²) in [4.78, 5) is 15.7. The lowest BCUT2D eigenvalue weighted by Crippen LogP contribution is -2.34. The van der Waals surface area contributed by atoms with Crippen molar-refractivity contribution in [2.45, 2.75) is 25.3 Å². The molecule has 7 heteroatoms. The Hall–Kier alpha value is -3.32.